The first-order chi connectivity index (χ1) is 8.53. The predicted molar refractivity (Wildman–Crippen MR) is 71.3 cm³/mol. The first-order valence-corrected chi connectivity index (χ1v) is 6.68. The van der Waals surface area contributed by atoms with Crippen molar-refractivity contribution in [3.63, 3.8) is 0 Å². The normalized spacial score (nSPS) is 26.2. The molecule has 1 fully saturated rings. The summed E-state index contributed by atoms with van der Waals surface area (Å²) in [6, 6.07) is 6.72. The summed E-state index contributed by atoms with van der Waals surface area (Å²) in [6.45, 7) is 7.55. The minimum absolute atomic E-state index is 0.127. The summed E-state index contributed by atoms with van der Waals surface area (Å²) in [7, 11) is 0. The molecule has 1 aliphatic rings. The van der Waals surface area contributed by atoms with Crippen LogP contribution in [0.25, 0.3) is 0 Å². The fraction of sp³-hybridized carbons (Fsp3) is 0.600. The first kappa shape index (κ1) is 13.3. The van der Waals surface area contributed by atoms with Crippen molar-refractivity contribution < 1.29 is 9.13 Å². The van der Waals surface area contributed by atoms with Gasteiger partial charge in [0.1, 0.15) is 17.7 Å². The van der Waals surface area contributed by atoms with E-state index in [1.165, 1.54) is 12.1 Å². The molecule has 2 unspecified atom stereocenters. The van der Waals surface area contributed by atoms with Crippen molar-refractivity contribution in [1.29, 1.82) is 0 Å². The van der Waals surface area contributed by atoms with Gasteiger partial charge in [-0.05, 0) is 36.9 Å². The molecule has 0 saturated heterocycles. The van der Waals surface area contributed by atoms with Crippen LogP contribution >= 0.6 is 0 Å². The maximum Gasteiger partial charge on any atom is 0.126 e. The van der Waals surface area contributed by atoms with Gasteiger partial charge in [-0.25, -0.2) is 4.39 Å². The van der Waals surface area contributed by atoms with E-state index in [-0.39, 0.29) is 17.3 Å². The lowest BCUT2D eigenvalue weighted by Gasteiger charge is -2.31. The van der Waals surface area contributed by atoms with E-state index in [0.29, 0.717) is 11.8 Å². The van der Waals surface area contributed by atoms with Crippen molar-refractivity contribution in [3.05, 3.63) is 30.1 Å². The number of hydrogen-bond donors (Lipinski definition) is 1. The number of halogens is 1. The monoisotopic (exact) mass is 251 g/mol. The van der Waals surface area contributed by atoms with Gasteiger partial charge >= 0.3 is 0 Å². The van der Waals surface area contributed by atoms with Gasteiger partial charge in [-0.15, -0.1) is 0 Å². The summed E-state index contributed by atoms with van der Waals surface area (Å²) < 4.78 is 19.1. The average molecular weight is 251 g/mol. The molecule has 0 radical (unpaired) electrons. The highest BCUT2D eigenvalue weighted by Gasteiger charge is 2.42. The zero-order valence-corrected chi connectivity index (χ0v) is 11.4. The molecule has 0 aliphatic heterocycles. The Morgan fingerprint density at radius 1 is 1.44 bits per heavy atom. The van der Waals surface area contributed by atoms with Crippen LogP contribution in [0.15, 0.2) is 24.3 Å². The van der Waals surface area contributed by atoms with Crippen LogP contribution in [-0.2, 0) is 0 Å². The zero-order chi connectivity index (χ0) is 13.2. The molecule has 0 spiro atoms. The minimum Gasteiger partial charge on any atom is -0.489 e. The third-order valence-electron chi connectivity index (χ3n) is 3.79. The van der Waals surface area contributed by atoms with Crippen LogP contribution in [0.5, 0.6) is 5.75 Å². The lowest BCUT2D eigenvalue weighted by atomic mass is 9.87. The second kappa shape index (κ2) is 5.27. The molecule has 18 heavy (non-hydrogen) atoms. The van der Waals surface area contributed by atoms with Crippen molar-refractivity contribution >= 4 is 0 Å². The lowest BCUT2D eigenvalue weighted by Crippen LogP contribution is -2.46. The second-order valence-electron chi connectivity index (χ2n) is 5.68. The van der Waals surface area contributed by atoms with Crippen LogP contribution in [-0.4, -0.2) is 18.7 Å². The highest BCUT2D eigenvalue weighted by atomic mass is 19.1. The molecule has 0 aromatic heterocycles. The molecule has 1 aromatic carbocycles. The molecule has 100 valence electrons. The van der Waals surface area contributed by atoms with Crippen molar-refractivity contribution in [2.45, 2.75) is 45.8 Å². The average Bonchev–Trinajstić information content (AvgIpc) is 2.57. The maximum absolute atomic E-state index is 13.1. The highest BCUT2D eigenvalue weighted by Crippen LogP contribution is 2.39. The third kappa shape index (κ3) is 2.83. The summed E-state index contributed by atoms with van der Waals surface area (Å²) in [4.78, 5) is 0. The zero-order valence-electron chi connectivity index (χ0n) is 11.4. The molecule has 1 aromatic rings. The maximum atomic E-state index is 13.1. The molecule has 1 aliphatic carbocycles. The number of rotatable bonds is 4. The van der Waals surface area contributed by atoms with Gasteiger partial charge in [0.2, 0.25) is 0 Å². The molecule has 2 nitrogen and oxygen atoms in total. The molecule has 0 amide bonds. The Morgan fingerprint density at radius 2 is 2.22 bits per heavy atom. The molecule has 2 atom stereocenters. The molecular formula is C15H22FNO. The van der Waals surface area contributed by atoms with Gasteiger partial charge in [-0.1, -0.05) is 26.8 Å². The molecule has 0 heterocycles. The summed E-state index contributed by atoms with van der Waals surface area (Å²) in [5.74, 6) is 0.380. The van der Waals surface area contributed by atoms with E-state index in [0.717, 1.165) is 19.4 Å². The van der Waals surface area contributed by atoms with Crippen LogP contribution in [0.3, 0.4) is 0 Å². The van der Waals surface area contributed by atoms with E-state index in [1.54, 1.807) is 6.07 Å². The van der Waals surface area contributed by atoms with E-state index in [1.807, 2.05) is 6.07 Å². The Kier molecular flexibility index (Phi) is 3.91. The van der Waals surface area contributed by atoms with Gasteiger partial charge < -0.3 is 10.1 Å². The van der Waals surface area contributed by atoms with Crippen LogP contribution < -0.4 is 10.1 Å². The fourth-order valence-corrected chi connectivity index (χ4v) is 2.81. The van der Waals surface area contributed by atoms with E-state index in [2.05, 4.69) is 26.1 Å². The Balaban J connectivity index is 2.09. The molecule has 3 heteroatoms. The first-order valence-electron chi connectivity index (χ1n) is 6.68. The SMILES string of the molecule is CCNC1C(Oc2cccc(F)c2)CCC1(C)C. The van der Waals surface area contributed by atoms with Crippen LogP contribution in [0.2, 0.25) is 0 Å². The molecule has 1 saturated carbocycles. The van der Waals surface area contributed by atoms with E-state index in [4.69, 9.17) is 4.74 Å². The van der Waals surface area contributed by atoms with Crippen LogP contribution in [0.4, 0.5) is 4.39 Å². The Hall–Kier alpha value is -1.09. The van der Waals surface area contributed by atoms with Gasteiger partial charge in [0, 0.05) is 12.1 Å². The van der Waals surface area contributed by atoms with Gasteiger partial charge in [-0.3, -0.25) is 0 Å². The van der Waals surface area contributed by atoms with Crippen molar-refractivity contribution in [3.8, 4) is 5.75 Å². The Morgan fingerprint density at radius 3 is 2.89 bits per heavy atom. The summed E-state index contributed by atoms with van der Waals surface area (Å²) in [6.07, 6.45) is 2.27. The van der Waals surface area contributed by atoms with Crippen molar-refractivity contribution in [1.82, 2.24) is 5.32 Å². The smallest absolute Gasteiger partial charge is 0.126 e. The van der Waals surface area contributed by atoms with Gasteiger partial charge in [-0.2, -0.15) is 0 Å². The lowest BCUT2D eigenvalue weighted by molar-refractivity contribution is 0.141. The Bertz CT molecular complexity index is 405. The van der Waals surface area contributed by atoms with Crippen LogP contribution in [0, 0.1) is 11.2 Å². The summed E-state index contributed by atoms with van der Waals surface area (Å²) in [5, 5.41) is 3.50. The number of likely N-dealkylation sites (N-methyl/N-ethyl adjacent to an activating group) is 1. The second-order valence-corrected chi connectivity index (χ2v) is 5.68. The largest absolute Gasteiger partial charge is 0.489 e. The molecule has 2 rings (SSSR count). The van der Waals surface area contributed by atoms with E-state index < -0.39 is 0 Å². The fourth-order valence-electron chi connectivity index (χ4n) is 2.81. The van der Waals surface area contributed by atoms with Crippen molar-refractivity contribution in [2.75, 3.05) is 6.54 Å². The topological polar surface area (TPSA) is 21.3 Å². The van der Waals surface area contributed by atoms with Gasteiger partial charge in [0.15, 0.2) is 0 Å². The number of benzene rings is 1. The summed E-state index contributed by atoms with van der Waals surface area (Å²) in [5.41, 5.74) is 0.230. The van der Waals surface area contributed by atoms with Crippen molar-refractivity contribution in [2.24, 2.45) is 5.41 Å². The standard InChI is InChI=1S/C15H22FNO/c1-4-17-14-13(8-9-15(14,2)3)18-12-7-5-6-11(16)10-12/h5-7,10,13-14,17H,4,8-9H2,1-3H3. The molecular weight excluding hydrogens is 229 g/mol. The molecule has 0 bridgehead atoms. The van der Waals surface area contributed by atoms with Crippen LogP contribution in [0.1, 0.15) is 33.6 Å². The van der Waals surface area contributed by atoms with Gasteiger partial charge in [0.05, 0.1) is 0 Å². The van der Waals surface area contributed by atoms with E-state index in [9.17, 15) is 4.39 Å². The van der Waals surface area contributed by atoms with Gasteiger partial charge in [0.25, 0.3) is 0 Å². The Labute approximate surface area is 109 Å². The minimum atomic E-state index is -0.246. The number of hydrogen-bond acceptors (Lipinski definition) is 2. The quantitative estimate of drug-likeness (QED) is 0.886. The predicted octanol–water partition coefficient (Wildman–Crippen LogP) is 3.37. The highest BCUT2D eigenvalue weighted by molar-refractivity contribution is 5.23. The molecule has 1 N–H and O–H groups in total. The van der Waals surface area contributed by atoms with E-state index >= 15 is 0 Å². The number of ether oxygens (including phenoxy) is 1. The summed E-state index contributed by atoms with van der Waals surface area (Å²) >= 11 is 0. The third-order valence-corrected chi connectivity index (χ3v) is 3.79. The number of nitrogens with one attached hydrogen (secondary N) is 1.